The van der Waals surface area contributed by atoms with Crippen LogP contribution < -0.4 is 10.1 Å². The fraction of sp³-hybridized carbons (Fsp3) is 0.308. The number of hydrogen-bond acceptors (Lipinski definition) is 6. The topological polar surface area (TPSA) is 77.2 Å². The molecular formula is C13H15N3O3S. The molecule has 0 aliphatic carbocycles. The number of anilines is 1. The smallest absolute Gasteiger partial charge is 0.277 e. The van der Waals surface area contributed by atoms with Crippen LogP contribution >= 0.6 is 11.8 Å². The van der Waals surface area contributed by atoms with Crippen LogP contribution in [0, 0.1) is 13.8 Å². The Labute approximate surface area is 120 Å². The molecule has 0 saturated heterocycles. The first-order valence-corrected chi connectivity index (χ1v) is 6.94. The molecule has 2 aromatic rings. The normalized spacial score (nSPS) is 10.3. The number of benzene rings is 1. The van der Waals surface area contributed by atoms with Crippen molar-refractivity contribution in [3.63, 3.8) is 0 Å². The Kier molecular flexibility index (Phi) is 4.62. The summed E-state index contributed by atoms with van der Waals surface area (Å²) >= 11 is 1.19. The van der Waals surface area contributed by atoms with E-state index in [9.17, 15) is 4.79 Å². The molecule has 0 atom stereocenters. The standard InChI is InChI=1S/C13H15N3O3S/c1-8-4-5-11(18-3)10(6-8)14-12(17)7-20-13-16-15-9(2)19-13/h4-6H,7H2,1-3H3,(H,14,17). The number of methoxy groups -OCH3 is 1. The van der Waals surface area contributed by atoms with Crippen molar-refractivity contribution < 1.29 is 13.9 Å². The number of ether oxygens (including phenoxy) is 1. The number of carbonyl (C=O) groups is 1. The first-order valence-electron chi connectivity index (χ1n) is 5.96. The monoisotopic (exact) mass is 293 g/mol. The highest BCUT2D eigenvalue weighted by Crippen LogP contribution is 2.25. The van der Waals surface area contributed by atoms with Gasteiger partial charge in [0.05, 0.1) is 18.6 Å². The summed E-state index contributed by atoms with van der Waals surface area (Å²) in [5.41, 5.74) is 1.70. The third-order valence-corrected chi connectivity index (χ3v) is 3.28. The molecule has 0 radical (unpaired) electrons. The van der Waals surface area contributed by atoms with Gasteiger partial charge in [-0.2, -0.15) is 0 Å². The molecule has 0 spiro atoms. The second-order valence-corrected chi connectivity index (χ2v) is 5.05. The van der Waals surface area contributed by atoms with Crippen molar-refractivity contribution in [2.24, 2.45) is 0 Å². The SMILES string of the molecule is COc1ccc(C)cc1NC(=O)CSc1nnc(C)o1. The molecule has 0 bridgehead atoms. The molecule has 20 heavy (non-hydrogen) atoms. The molecule has 6 nitrogen and oxygen atoms in total. The number of rotatable bonds is 5. The predicted molar refractivity (Wildman–Crippen MR) is 76.1 cm³/mol. The molecule has 0 aliphatic rings. The lowest BCUT2D eigenvalue weighted by atomic mass is 10.2. The molecule has 106 valence electrons. The molecule has 0 saturated carbocycles. The zero-order chi connectivity index (χ0) is 14.5. The molecule has 1 N–H and O–H groups in total. The van der Waals surface area contributed by atoms with Crippen molar-refractivity contribution in [3.05, 3.63) is 29.7 Å². The Morgan fingerprint density at radius 2 is 2.20 bits per heavy atom. The van der Waals surface area contributed by atoms with Crippen LogP contribution in [0.2, 0.25) is 0 Å². The Bertz CT molecular complexity index is 613. The largest absolute Gasteiger partial charge is 0.495 e. The van der Waals surface area contributed by atoms with E-state index in [1.807, 2.05) is 25.1 Å². The van der Waals surface area contributed by atoms with E-state index in [4.69, 9.17) is 9.15 Å². The van der Waals surface area contributed by atoms with Crippen LogP contribution in [0.25, 0.3) is 0 Å². The summed E-state index contributed by atoms with van der Waals surface area (Å²) in [4.78, 5) is 11.9. The minimum Gasteiger partial charge on any atom is -0.495 e. The number of aromatic nitrogens is 2. The van der Waals surface area contributed by atoms with E-state index < -0.39 is 0 Å². The van der Waals surface area contributed by atoms with Crippen LogP contribution in [0.3, 0.4) is 0 Å². The Morgan fingerprint density at radius 1 is 1.40 bits per heavy atom. The van der Waals surface area contributed by atoms with Crippen molar-refractivity contribution in [1.82, 2.24) is 10.2 Å². The van der Waals surface area contributed by atoms with Gasteiger partial charge in [-0.25, -0.2) is 0 Å². The highest BCUT2D eigenvalue weighted by atomic mass is 32.2. The van der Waals surface area contributed by atoms with Crippen LogP contribution in [-0.2, 0) is 4.79 Å². The van der Waals surface area contributed by atoms with E-state index in [0.717, 1.165) is 5.56 Å². The lowest BCUT2D eigenvalue weighted by Gasteiger charge is -2.10. The molecular weight excluding hydrogens is 278 g/mol. The number of amides is 1. The van der Waals surface area contributed by atoms with Crippen LogP contribution in [0.15, 0.2) is 27.8 Å². The highest BCUT2D eigenvalue weighted by Gasteiger charge is 2.10. The summed E-state index contributed by atoms with van der Waals surface area (Å²) in [5.74, 6) is 1.14. The van der Waals surface area contributed by atoms with Gasteiger partial charge in [-0.1, -0.05) is 17.8 Å². The first-order chi connectivity index (χ1) is 9.58. The summed E-state index contributed by atoms with van der Waals surface area (Å²) in [6.45, 7) is 3.65. The van der Waals surface area contributed by atoms with E-state index in [0.29, 0.717) is 22.6 Å². The summed E-state index contributed by atoms with van der Waals surface area (Å²) in [6, 6.07) is 5.60. The lowest BCUT2D eigenvalue weighted by Crippen LogP contribution is -2.14. The van der Waals surface area contributed by atoms with E-state index in [1.54, 1.807) is 14.0 Å². The van der Waals surface area contributed by atoms with Gasteiger partial charge in [0.25, 0.3) is 5.22 Å². The number of nitrogens with zero attached hydrogens (tertiary/aromatic N) is 2. The van der Waals surface area contributed by atoms with Gasteiger partial charge in [-0.15, -0.1) is 10.2 Å². The molecule has 1 amide bonds. The number of hydrogen-bond donors (Lipinski definition) is 1. The van der Waals surface area contributed by atoms with Crippen LogP contribution in [0.4, 0.5) is 5.69 Å². The van der Waals surface area contributed by atoms with Gasteiger partial charge in [-0.05, 0) is 24.6 Å². The van der Waals surface area contributed by atoms with Gasteiger partial charge < -0.3 is 14.5 Å². The summed E-state index contributed by atoms with van der Waals surface area (Å²) in [6.07, 6.45) is 0. The Hall–Kier alpha value is -2.02. The van der Waals surface area contributed by atoms with Gasteiger partial charge in [0.1, 0.15) is 5.75 Å². The van der Waals surface area contributed by atoms with E-state index in [-0.39, 0.29) is 11.7 Å². The fourth-order valence-electron chi connectivity index (χ4n) is 1.57. The maximum Gasteiger partial charge on any atom is 0.277 e. The molecule has 0 unspecified atom stereocenters. The van der Waals surface area contributed by atoms with Gasteiger partial charge >= 0.3 is 0 Å². The zero-order valence-corrected chi connectivity index (χ0v) is 12.3. The summed E-state index contributed by atoms with van der Waals surface area (Å²) < 4.78 is 10.4. The quantitative estimate of drug-likeness (QED) is 0.853. The molecule has 1 heterocycles. The Morgan fingerprint density at radius 3 is 2.85 bits per heavy atom. The van der Waals surface area contributed by atoms with Crippen LogP contribution in [0.5, 0.6) is 5.75 Å². The van der Waals surface area contributed by atoms with Crippen molar-refractivity contribution in [2.75, 3.05) is 18.2 Å². The predicted octanol–water partition coefficient (Wildman–Crippen LogP) is 2.43. The molecule has 0 aliphatic heterocycles. The zero-order valence-electron chi connectivity index (χ0n) is 11.5. The van der Waals surface area contributed by atoms with Gasteiger partial charge in [0.2, 0.25) is 11.8 Å². The molecule has 1 aromatic carbocycles. The van der Waals surface area contributed by atoms with Crippen molar-refractivity contribution in [3.8, 4) is 5.75 Å². The van der Waals surface area contributed by atoms with E-state index >= 15 is 0 Å². The van der Waals surface area contributed by atoms with Crippen LogP contribution in [0.1, 0.15) is 11.5 Å². The van der Waals surface area contributed by atoms with Crippen LogP contribution in [-0.4, -0.2) is 29.0 Å². The second-order valence-electron chi connectivity index (χ2n) is 4.13. The fourth-order valence-corrected chi connectivity index (χ4v) is 2.17. The minimum atomic E-state index is -0.158. The summed E-state index contributed by atoms with van der Waals surface area (Å²) in [7, 11) is 1.57. The maximum absolute atomic E-state index is 11.9. The third-order valence-electron chi connectivity index (χ3n) is 2.46. The Balaban J connectivity index is 1.96. The third kappa shape index (κ3) is 3.74. The summed E-state index contributed by atoms with van der Waals surface area (Å²) in [5, 5.41) is 10.7. The number of nitrogens with one attached hydrogen (secondary N) is 1. The van der Waals surface area contributed by atoms with E-state index in [2.05, 4.69) is 15.5 Å². The van der Waals surface area contributed by atoms with Gasteiger partial charge in [-0.3, -0.25) is 4.79 Å². The van der Waals surface area contributed by atoms with Crippen molar-refractivity contribution in [2.45, 2.75) is 19.1 Å². The van der Waals surface area contributed by atoms with Crippen molar-refractivity contribution >= 4 is 23.4 Å². The highest BCUT2D eigenvalue weighted by molar-refractivity contribution is 7.99. The first kappa shape index (κ1) is 14.4. The average Bonchev–Trinajstić information content (AvgIpc) is 2.83. The molecule has 0 fully saturated rings. The molecule has 7 heteroatoms. The molecule has 2 rings (SSSR count). The van der Waals surface area contributed by atoms with Gasteiger partial charge in [0.15, 0.2) is 0 Å². The minimum absolute atomic E-state index is 0.158. The number of thioether (sulfide) groups is 1. The second kappa shape index (κ2) is 6.42. The maximum atomic E-state index is 11.9. The average molecular weight is 293 g/mol. The van der Waals surface area contributed by atoms with E-state index in [1.165, 1.54) is 11.8 Å². The number of carbonyl (C=O) groups excluding carboxylic acids is 1. The number of aryl methyl sites for hydroxylation is 2. The van der Waals surface area contributed by atoms with Gasteiger partial charge in [0, 0.05) is 6.92 Å². The van der Waals surface area contributed by atoms with Crippen molar-refractivity contribution in [1.29, 1.82) is 0 Å². The molecule has 1 aromatic heterocycles. The lowest BCUT2D eigenvalue weighted by molar-refractivity contribution is -0.113.